The molecule has 3 N–H and O–H groups in total. The highest BCUT2D eigenvalue weighted by atomic mass is 32.2. The molecule has 0 aromatic carbocycles. The number of nitrogens with one attached hydrogen (secondary N) is 3. The first-order valence-corrected chi connectivity index (χ1v) is 8.02. The van der Waals surface area contributed by atoms with E-state index in [9.17, 15) is 4.79 Å². The molecule has 2 rings (SSSR count). The van der Waals surface area contributed by atoms with Gasteiger partial charge in [-0.05, 0) is 18.5 Å². The second kappa shape index (κ2) is 7.51. The van der Waals surface area contributed by atoms with E-state index in [0.29, 0.717) is 30.5 Å². The summed E-state index contributed by atoms with van der Waals surface area (Å²) in [5, 5.41) is 3.37. The molecule has 1 aromatic rings. The first kappa shape index (κ1) is 15.1. The van der Waals surface area contributed by atoms with E-state index in [0.717, 1.165) is 23.4 Å². The molecule has 0 aliphatic carbocycles. The van der Waals surface area contributed by atoms with Crippen molar-refractivity contribution in [1.29, 1.82) is 0 Å². The Morgan fingerprint density at radius 2 is 2.35 bits per heavy atom. The van der Waals surface area contributed by atoms with Gasteiger partial charge in [-0.2, -0.15) is 11.8 Å². The molecule has 20 heavy (non-hydrogen) atoms. The van der Waals surface area contributed by atoms with Crippen molar-refractivity contribution in [3.8, 4) is 0 Å². The Labute approximate surface area is 127 Å². The molecule has 1 aliphatic rings. The Morgan fingerprint density at radius 3 is 3.15 bits per heavy atom. The number of carbonyl (C=O) groups excluding carboxylic acids is 1. The number of hydrogen-bond acceptors (Lipinski definition) is 5. The molecule has 0 radical (unpaired) electrons. The summed E-state index contributed by atoms with van der Waals surface area (Å²) in [5.41, 5.74) is 7.03. The summed E-state index contributed by atoms with van der Waals surface area (Å²) >= 11 is 6.76. The maximum Gasteiger partial charge on any atom is 0.305 e. The summed E-state index contributed by atoms with van der Waals surface area (Å²) in [7, 11) is 0. The highest BCUT2D eigenvalue weighted by Gasteiger charge is 2.22. The molecule has 0 atom stereocenters. The van der Waals surface area contributed by atoms with Gasteiger partial charge in [-0.3, -0.25) is 15.6 Å². The van der Waals surface area contributed by atoms with Gasteiger partial charge in [-0.25, -0.2) is 0 Å². The van der Waals surface area contributed by atoms with Crippen molar-refractivity contribution in [2.45, 2.75) is 13.0 Å². The van der Waals surface area contributed by atoms with Crippen LogP contribution in [0.1, 0.15) is 21.7 Å². The monoisotopic (exact) mass is 315 g/mol. The van der Waals surface area contributed by atoms with Crippen LogP contribution in [-0.2, 0) is 17.8 Å². The zero-order valence-corrected chi connectivity index (χ0v) is 12.8. The van der Waals surface area contributed by atoms with Crippen molar-refractivity contribution in [3.63, 3.8) is 0 Å². The van der Waals surface area contributed by atoms with Crippen LogP contribution in [0.3, 0.4) is 0 Å². The molecule has 6 nitrogen and oxygen atoms in total. The highest BCUT2D eigenvalue weighted by molar-refractivity contribution is 7.98. The number of hydrazine groups is 1. The number of ether oxygens (including phenoxy) is 1. The van der Waals surface area contributed by atoms with Gasteiger partial charge in [0.05, 0.1) is 19.5 Å². The number of carbonyl (C=O) groups is 1. The van der Waals surface area contributed by atoms with Crippen LogP contribution in [0.25, 0.3) is 0 Å². The van der Waals surface area contributed by atoms with Crippen LogP contribution in [0.15, 0.2) is 10.7 Å². The maximum atomic E-state index is 12.0. The van der Waals surface area contributed by atoms with Crippen molar-refractivity contribution in [2.75, 3.05) is 25.2 Å². The van der Waals surface area contributed by atoms with Crippen molar-refractivity contribution >= 4 is 35.0 Å². The van der Waals surface area contributed by atoms with Gasteiger partial charge in [0, 0.05) is 29.8 Å². The molecule has 0 saturated carbocycles. The number of furan rings is 1. The van der Waals surface area contributed by atoms with Crippen LogP contribution in [-0.4, -0.2) is 36.2 Å². The topological polar surface area (TPSA) is 75.5 Å². The van der Waals surface area contributed by atoms with Crippen LogP contribution < -0.4 is 16.2 Å². The summed E-state index contributed by atoms with van der Waals surface area (Å²) in [5.74, 6) is 0.937. The maximum absolute atomic E-state index is 12.0. The third kappa shape index (κ3) is 3.87. The third-order valence-electron chi connectivity index (χ3n) is 2.82. The van der Waals surface area contributed by atoms with Crippen molar-refractivity contribution < 1.29 is 13.9 Å². The Balaban J connectivity index is 1.83. The molecular weight excluding hydrogens is 298 g/mol. The van der Waals surface area contributed by atoms with Crippen molar-refractivity contribution in [2.24, 2.45) is 0 Å². The number of rotatable bonds is 4. The van der Waals surface area contributed by atoms with E-state index >= 15 is 0 Å². The quantitative estimate of drug-likeness (QED) is 0.431. The fourth-order valence-corrected chi connectivity index (χ4v) is 2.30. The standard InChI is InChI=1S/C12H17N3O3S2/c1-20-5-3-13-12(19)15-14-11(16)10-9-2-4-17-6-8(9)7-18-10/h7H,2-6H2,1H3,(H,14,16)(H2,13,15,19). The molecule has 0 saturated heterocycles. The van der Waals surface area contributed by atoms with Crippen LogP contribution in [0.5, 0.6) is 0 Å². The number of hydrogen-bond donors (Lipinski definition) is 3. The minimum Gasteiger partial charge on any atom is -0.458 e. The molecule has 0 fully saturated rings. The molecule has 110 valence electrons. The minimum atomic E-state index is -0.331. The average Bonchev–Trinajstić information content (AvgIpc) is 2.89. The van der Waals surface area contributed by atoms with Crippen LogP contribution in [0.2, 0.25) is 0 Å². The number of thioether (sulfide) groups is 1. The Kier molecular flexibility index (Phi) is 5.69. The molecule has 1 aliphatic heterocycles. The van der Waals surface area contributed by atoms with Crippen LogP contribution in [0, 0.1) is 0 Å². The third-order valence-corrected chi connectivity index (χ3v) is 3.68. The zero-order chi connectivity index (χ0) is 14.4. The van der Waals surface area contributed by atoms with Gasteiger partial charge >= 0.3 is 5.91 Å². The van der Waals surface area contributed by atoms with Gasteiger partial charge in [0.15, 0.2) is 10.9 Å². The number of fused-ring (bicyclic) bond motifs is 1. The smallest absolute Gasteiger partial charge is 0.305 e. The van der Waals surface area contributed by atoms with Gasteiger partial charge in [0.25, 0.3) is 0 Å². The zero-order valence-electron chi connectivity index (χ0n) is 11.2. The molecular formula is C12H17N3O3S2. The van der Waals surface area contributed by atoms with Crippen molar-refractivity contribution in [3.05, 3.63) is 23.2 Å². The highest BCUT2D eigenvalue weighted by Crippen LogP contribution is 2.22. The molecule has 1 aromatic heterocycles. The number of amides is 1. The summed E-state index contributed by atoms with van der Waals surface area (Å²) in [6.45, 7) is 1.85. The largest absolute Gasteiger partial charge is 0.458 e. The lowest BCUT2D eigenvalue weighted by atomic mass is 10.1. The van der Waals surface area contributed by atoms with Crippen molar-refractivity contribution in [1.82, 2.24) is 16.2 Å². The van der Waals surface area contributed by atoms with Gasteiger partial charge in [0.1, 0.15) is 0 Å². The van der Waals surface area contributed by atoms with Gasteiger partial charge in [-0.1, -0.05) is 0 Å². The van der Waals surface area contributed by atoms with E-state index in [1.54, 1.807) is 18.0 Å². The fourth-order valence-electron chi connectivity index (χ4n) is 1.84. The van der Waals surface area contributed by atoms with E-state index in [2.05, 4.69) is 16.2 Å². The average molecular weight is 315 g/mol. The summed E-state index contributed by atoms with van der Waals surface area (Å²) < 4.78 is 10.6. The lowest BCUT2D eigenvalue weighted by molar-refractivity contribution is 0.0910. The first-order chi connectivity index (χ1) is 9.72. The van der Waals surface area contributed by atoms with Gasteiger partial charge in [-0.15, -0.1) is 0 Å². The molecule has 0 unspecified atom stereocenters. The van der Waals surface area contributed by atoms with Gasteiger partial charge < -0.3 is 14.5 Å². The Bertz CT molecular complexity index is 490. The molecule has 0 bridgehead atoms. The predicted octanol–water partition coefficient (Wildman–Crippen LogP) is 0.824. The minimum absolute atomic E-state index is 0.322. The molecule has 2 heterocycles. The second-order valence-electron chi connectivity index (χ2n) is 4.20. The molecule has 8 heteroatoms. The van der Waals surface area contributed by atoms with Crippen LogP contribution in [0.4, 0.5) is 0 Å². The second-order valence-corrected chi connectivity index (χ2v) is 5.59. The Hall–Kier alpha value is -1.25. The SMILES string of the molecule is CSCCNC(=S)NNC(=O)c1occ2c1CCOC2. The van der Waals surface area contributed by atoms with Crippen LogP contribution >= 0.6 is 24.0 Å². The predicted molar refractivity (Wildman–Crippen MR) is 81.7 cm³/mol. The molecule has 1 amide bonds. The summed E-state index contributed by atoms with van der Waals surface area (Å²) in [6, 6.07) is 0. The number of thiocarbonyl (C=S) groups is 1. The lowest BCUT2D eigenvalue weighted by Crippen LogP contribution is -2.47. The summed E-state index contributed by atoms with van der Waals surface area (Å²) in [4.78, 5) is 12.0. The molecule has 0 spiro atoms. The van der Waals surface area contributed by atoms with E-state index in [1.165, 1.54) is 0 Å². The normalized spacial score (nSPS) is 13.4. The fraction of sp³-hybridized carbons (Fsp3) is 0.500. The van der Waals surface area contributed by atoms with E-state index < -0.39 is 0 Å². The first-order valence-electron chi connectivity index (χ1n) is 6.22. The van der Waals surface area contributed by atoms with E-state index in [-0.39, 0.29) is 5.91 Å². The Morgan fingerprint density at radius 1 is 1.50 bits per heavy atom. The summed E-state index contributed by atoms with van der Waals surface area (Å²) in [6.07, 6.45) is 4.27. The van der Waals surface area contributed by atoms with E-state index in [1.807, 2.05) is 6.26 Å². The van der Waals surface area contributed by atoms with Gasteiger partial charge in [0.2, 0.25) is 0 Å². The lowest BCUT2D eigenvalue weighted by Gasteiger charge is -2.13. The van der Waals surface area contributed by atoms with E-state index in [4.69, 9.17) is 21.4 Å².